The van der Waals surface area contributed by atoms with Crippen molar-refractivity contribution in [3.8, 4) is 5.69 Å². The fourth-order valence-electron chi connectivity index (χ4n) is 3.59. The first kappa shape index (κ1) is 36.9. The number of nitrogens with zero attached hydrogens (tertiary/aromatic N) is 7. The summed E-state index contributed by atoms with van der Waals surface area (Å²) in [7, 11) is 4.11. The number of aromatic amines is 1. The number of likely N-dealkylation sites (N-methyl/N-ethyl adjacent to an activating group) is 2. The van der Waals surface area contributed by atoms with Crippen LogP contribution in [0.5, 0.6) is 0 Å². The lowest BCUT2D eigenvalue weighted by Crippen LogP contribution is -2.47. The number of halogens is 1. The topological polar surface area (TPSA) is 197 Å². The van der Waals surface area contributed by atoms with E-state index in [1.54, 1.807) is 36.7 Å². The van der Waals surface area contributed by atoms with Crippen molar-refractivity contribution in [1.29, 1.82) is 0 Å². The molecule has 5 N–H and O–H groups in total. The van der Waals surface area contributed by atoms with Gasteiger partial charge < -0.3 is 20.8 Å². The van der Waals surface area contributed by atoms with Crippen LogP contribution in [-0.2, 0) is 0 Å². The molecule has 0 aliphatic heterocycles. The summed E-state index contributed by atoms with van der Waals surface area (Å²) in [6.45, 7) is 0. The number of rotatable bonds is 5. The predicted octanol–water partition coefficient (Wildman–Crippen LogP) is 3.72. The van der Waals surface area contributed by atoms with Crippen molar-refractivity contribution in [2.24, 2.45) is 0 Å². The van der Waals surface area contributed by atoms with Crippen LogP contribution < -0.4 is 10.6 Å². The maximum atomic E-state index is 10.8. The van der Waals surface area contributed by atoms with Crippen LogP contribution in [0.25, 0.3) is 5.69 Å². The van der Waals surface area contributed by atoms with E-state index < -0.39 is 11.9 Å². The maximum Gasteiger partial charge on any atom is 0.356 e. The zero-order valence-electron chi connectivity index (χ0n) is 21.5. The van der Waals surface area contributed by atoms with E-state index in [0.717, 1.165) is 0 Å². The van der Waals surface area contributed by atoms with Crippen LogP contribution in [0.1, 0.15) is 61.5 Å². The summed E-state index contributed by atoms with van der Waals surface area (Å²) in [6, 6.07) is 7.94. The van der Waals surface area contributed by atoms with Gasteiger partial charge in [0.25, 0.3) is 0 Å². The van der Waals surface area contributed by atoms with Crippen LogP contribution >= 0.6 is 15.9 Å². The molecule has 1 aliphatic rings. The molecular formula is C26H39BrN10O4. The first-order chi connectivity index (χ1) is 18.9. The third-order valence-electron chi connectivity index (χ3n) is 5.42. The van der Waals surface area contributed by atoms with E-state index in [4.69, 9.17) is 10.2 Å². The average molecular weight is 636 g/mol. The van der Waals surface area contributed by atoms with E-state index in [-0.39, 0.29) is 26.2 Å². The van der Waals surface area contributed by atoms with Crippen LogP contribution in [0, 0.1) is 0 Å². The molecule has 1 saturated carbocycles. The van der Waals surface area contributed by atoms with Crippen molar-refractivity contribution in [2.45, 2.75) is 52.6 Å². The molecule has 0 radical (unpaired) electrons. The molecule has 15 heteroatoms. The summed E-state index contributed by atoms with van der Waals surface area (Å²) in [6.07, 6.45) is 14.4. The molecule has 41 heavy (non-hydrogen) atoms. The van der Waals surface area contributed by atoms with Gasteiger partial charge in [0.05, 0.1) is 29.3 Å². The second kappa shape index (κ2) is 20.8. The van der Waals surface area contributed by atoms with Gasteiger partial charge in [0.15, 0.2) is 11.4 Å². The molecule has 1 aliphatic carbocycles. The minimum Gasteiger partial charge on any atom is -0.476 e. The first-order valence-corrected chi connectivity index (χ1v) is 12.7. The highest BCUT2D eigenvalue weighted by molar-refractivity contribution is 9.10. The van der Waals surface area contributed by atoms with Gasteiger partial charge in [-0.15, -0.1) is 4.80 Å². The second-order valence-corrected chi connectivity index (χ2v) is 8.72. The SMILES string of the molecule is C.C.CNC1CCCCC1NC.O=C(O)c1ncccc1-n1nccn1.O=C(O)c1ncccc1Br.c1cn[nH]n1. The summed E-state index contributed by atoms with van der Waals surface area (Å²) in [5.41, 5.74) is 0.330. The molecule has 0 spiro atoms. The Hall–Kier alpha value is -4.08. The Bertz CT molecular complexity index is 1210. The highest BCUT2D eigenvalue weighted by Crippen LogP contribution is 2.17. The zero-order valence-corrected chi connectivity index (χ0v) is 23.1. The van der Waals surface area contributed by atoms with Crippen molar-refractivity contribution in [3.63, 3.8) is 0 Å². The van der Waals surface area contributed by atoms with Crippen molar-refractivity contribution < 1.29 is 19.8 Å². The molecular weight excluding hydrogens is 596 g/mol. The van der Waals surface area contributed by atoms with Crippen molar-refractivity contribution in [1.82, 2.24) is 51.0 Å². The summed E-state index contributed by atoms with van der Waals surface area (Å²) < 4.78 is 0.502. The third kappa shape index (κ3) is 12.8. The Labute approximate surface area is 248 Å². The minimum atomic E-state index is -1.10. The van der Waals surface area contributed by atoms with Crippen LogP contribution in [0.3, 0.4) is 0 Å². The van der Waals surface area contributed by atoms with E-state index in [0.29, 0.717) is 22.2 Å². The Kier molecular flexibility index (Phi) is 18.7. The molecule has 2 unspecified atom stereocenters. The molecule has 14 nitrogen and oxygen atoms in total. The zero-order chi connectivity index (χ0) is 28.5. The van der Waals surface area contributed by atoms with Crippen molar-refractivity contribution >= 4 is 27.9 Å². The molecule has 224 valence electrons. The molecule has 2 atom stereocenters. The predicted molar refractivity (Wildman–Crippen MR) is 159 cm³/mol. The fourth-order valence-corrected chi connectivity index (χ4v) is 4.02. The van der Waals surface area contributed by atoms with Gasteiger partial charge in [0, 0.05) is 24.5 Å². The Morgan fingerprint density at radius 2 is 1.32 bits per heavy atom. The maximum absolute atomic E-state index is 10.8. The number of carboxylic acids is 2. The van der Waals surface area contributed by atoms with Gasteiger partial charge in [-0.3, -0.25) is 0 Å². The van der Waals surface area contributed by atoms with Crippen LogP contribution in [0.15, 0.2) is 65.9 Å². The van der Waals surface area contributed by atoms with E-state index in [2.05, 4.69) is 76.2 Å². The van der Waals surface area contributed by atoms with E-state index in [9.17, 15) is 9.59 Å². The highest BCUT2D eigenvalue weighted by Gasteiger charge is 2.21. The quantitative estimate of drug-likeness (QED) is 0.214. The van der Waals surface area contributed by atoms with E-state index in [1.807, 2.05) is 0 Å². The number of carboxylic acid groups (broad SMARTS) is 2. The number of H-pyrrole nitrogens is 1. The monoisotopic (exact) mass is 634 g/mol. The number of aromatic carboxylic acids is 2. The smallest absolute Gasteiger partial charge is 0.356 e. The number of pyridine rings is 2. The molecule has 4 aromatic rings. The molecule has 4 aromatic heterocycles. The summed E-state index contributed by atoms with van der Waals surface area (Å²) in [4.78, 5) is 29.7. The van der Waals surface area contributed by atoms with Gasteiger partial charge in [0.2, 0.25) is 0 Å². The molecule has 0 aromatic carbocycles. The van der Waals surface area contributed by atoms with E-state index >= 15 is 0 Å². The Morgan fingerprint density at radius 3 is 1.71 bits per heavy atom. The van der Waals surface area contributed by atoms with Crippen LogP contribution in [0.2, 0.25) is 0 Å². The Morgan fingerprint density at radius 1 is 0.829 bits per heavy atom. The van der Waals surface area contributed by atoms with Gasteiger partial charge >= 0.3 is 11.9 Å². The fraction of sp³-hybridized carbons (Fsp3) is 0.385. The van der Waals surface area contributed by atoms with Crippen molar-refractivity contribution in [2.75, 3.05) is 14.1 Å². The summed E-state index contributed by atoms with van der Waals surface area (Å²) in [5, 5.41) is 41.0. The lowest BCUT2D eigenvalue weighted by Gasteiger charge is -2.30. The van der Waals surface area contributed by atoms with Gasteiger partial charge in [0.1, 0.15) is 5.69 Å². The number of nitrogens with one attached hydrogen (secondary N) is 3. The highest BCUT2D eigenvalue weighted by atomic mass is 79.9. The van der Waals surface area contributed by atoms with Crippen LogP contribution in [-0.4, -0.2) is 88.7 Å². The lowest BCUT2D eigenvalue weighted by molar-refractivity contribution is 0.0679. The minimum absolute atomic E-state index is 0. The van der Waals surface area contributed by atoms with Gasteiger partial charge in [-0.1, -0.05) is 27.7 Å². The largest absolute Gasteiger partial charge is 0.476 e. The second-order valence-electron chi connectivity index (χ2n) is 7.86. The normalized spacial score (nSPS) is 15.0. The van der Waals surface area contributed by atoms with Gasteiger partial charge in [-0.05, 0) is 67.1 Å². The first-order valence-electron chi connectivity index (χ1n) is 11.9. The molecule has 0 saturated heterocycles. The number of hydrogen-bond acceptors (Lipinski definition) is 10. The number of aromatic nitrogens is 8. The molecule has 1 fully saturated rings. The standard InChI is InChI=1S/C8H6N4O2.C8H18N2.C6H4BrNO2.C2H3N3.2CH4/c13-8(14)7-6(2-1-3-9-7)12-10-4-5-11-12;1-9-7-5-3-4-6-8(7)10-2;7-4-2-1-3-8-5(4)6(9)10;1-2-4-5-3-1;;/h1-5H,(H,13,14);7-10H,3-6H2,1-2H3;1-3H,(H,9,10);1-2H,(H,3,4,5);2*1H4. The Balaban J connectivity index is 0.000000536. The lowest BCUT2D eigenvalue weighted by atomic mass is 9.91. The number of carbonyl (C=O) groups is 2. The average Bonchev–Trinajstić information content (AvgIpc) is 3.72. The molecule has 5 rings (SSSR count). The summed E-state index contributed by atoms with van der Waals surface area (Å²) >= 11 is 3.05. The molecule has 4 heterocycles. The van der Waals surface area contributed by atoms with E-state index in [1.165, 1.54) is 55.3 Å². The number of hydrogen-bond donors (Lipinski definition) is 5. The molecule has 0 bridgehead atoms. The third-order valence-corrected chi connectivity index (χ3v) is 6.06. The molecule has 0 amide bonds. The van der Waals surface area contributed by atoms with Crippen LogP contribution in [0.4, 0.5) is 0 Å². The van der Waals surface area contributed by atoms with Gasteiger partial charge in [-0.2, -0.15) is 25.6 Å². The summed E-state index contributed by atoms with van der Waals surface area (Å²) in [5.74, 6) is -2.12. The van der Waals surface area contributed by atoms with Gasteiger partial charge in [-0.25, -0.2) is 19.6 Å². The van der Waals surface area contributed by atoms with Crippen molar-refractivity contribution in [3.05, 3.63) is 77.3 Å².